The second-order valence-electron chi connectivity index (χ2n) is 9.40. The Hall–Kier alpha value is -3.28. The van der Waals surface area contributed by atoms with Crippen LogP contribution in [0.5, 0.6) is 5.75 Å². The van der Waals surface area contributed by atoms with Crippen molar-refractivity contribution in [2.75, 3.05) is 13.1 Å². The first-order valence-corrected chi connectivity index (χ1v) is 14.4. The van der Waals surface area contributed by atoms with Gasteiger partial charge in [-0.05, 0) is 68.5 Å². The molecule has 4 aromatic rings. The Labute approximate surface area is 219 Å². The topological polar surface area (TPSA) is 115 Å². The van der Waals surface area contributed by atoms with Gasteiger partial charge in [0.1, 0.15) is 22.8 Å². The highest BCUT2D eigenvalue weighted by molar-refractivity contribution is 7.89. The van der Waals surface area contributed by atoms with Crippen molar-refractivity contribution in [2.45, 2.75) is 50.2 Å². The van der Waals surface area contributed by atoms with Crippen molar-refractivity contribution in [1.29, 1.82) is 0 Å². The number of piperidine rings is 1. The molecule has 0 unspecified atom stereocenters. The second kappa shape index (κ2) is 10.2. The number of hydrogen-bond donors (Lipinski definition) is 1. The van der Waals surface area contributed by atoms with Crippen LogP contribution < -0.4 is 4.74 Å². The van der Waals surface area contributed by atoms with Crippen LogP contribution in [0.4, 0.5) is 0 Å². The molecule has 0 saturated carbocycles. The number of carboxylic acid groups (broad SMARTS) is 1. The molecule has 1 aliphatic rings. The zero-order valence-corrected chi connectivity index (χ0v) is 22.2. The standard InChI is InChI=1S/C26H28N4O5S2/c1-17(2)35-20-4-6-21(7-5-20)37(33,34)30-11-9-18(10-12-30)23-14-29(15-25(31)32)24-13-19(3-8-22(23)24)26-28-27-16-36-26/h3-8,13-14,16-18H,9-12,15H2,1-2H3,(H,31,32). The van der Waals surface area contributed by atoms with Crippen LogP contribution in [0.2, 0.25) is 0 Å². The monoisotopic (exact) mass is 540 g/mol. The summed E-state index contributed by atoms with van der Waals surface area (Å²) in [5, 5.41) is 19.3. The van der Waals surface area contributed by atoms with Gasteiger partial charge in [-0.3, -0.25) is 4.79 Å². The van der Waals surface area contributed by atoms with E-state index in [9.17, 15) is 18.3 Å². The van der Waals surface area contributed by atoms with Gasteiger partial charge in [-0.1, -0.05) is 23.5 Å². The van der Waals surface area contributed by atoms with Crippen LogP contribution >= 0.6 is 11.3 Å². The molecular formula is C26H28N4O5S2. The van der Waals surface area contributed by atoms with E-state index in [-0.39, 0.29) is 23.5 Å². The molecule has 0 atom stereocenters. The third-order valence-corrected chi connectivity index (χ3v) is 9.21. The van der Waals surface area contributed by atoms with Crippen LogP contribution in [-0.2, 0) is 21.4 Å². The Bertz CT molecular complexity index is 1500. The predicted octanol–water partition coefficient (Wildman–Crippen LogP) is 4.60. The van der Waals surface area contributed by atoms with Crippen molar-refractivity contribution in [3.63, 3.8) is 0 Å². The molecule has 0 aliphatic carbocycles. The minimum Gasteiger partial charge on any atom is -0.491 e. The summed E-state index contributed by atoms with van der Waals surface area (Å²) in [6.07, 6.45) is 3.22. The molecular weight excluding hydrogens is 512 g/mol. The summed E-state index contributed by atoms with van der Waals surface area (Å²) in [5.74, 6) is -0.159. The summed E-state index contributed by atoms with van der Waals surface area (Å²) in [5.41, 5.74) is 4.42. The first kappa shape index (κ1) is 25.4. The largest absolute Gasteiger partial charge is 0.491 e. The summed E-state index contributed by atoms with van der Waals surface area (Å²) in [6.45, 7) is 4.48. The van der Waals surface area contributed by atoms with E-state index in [1.807, 2.05) is 38.2 Å². The van der Waals surface area contributed by atoms with E-state index in [2.05, 4.69) is 10.2 Å². The maximum absolute atomic E-state index is 13.3. The second-order valence-corrected chi connectivity index (χ2v) is 12.2. The zero-order chi connectivity index (χ0) is 26.2. The number of sulfonamides is 1. The lowest BCUT2D eigenvalue weighted by Gasteiger charge is -2.31. The molecule has 3 heterocycles. The maximum atomic E-state index is 13.3. The van der Waals surface area contributed by atoms with Gasteiger partial charge in [0, 0.05) is 35.8 Å². The number of aliphatic carboxylic acids is 1. The Balaban J connectivity index is 1.37. The van der Waals surface area contributed by atoms with Gasteiger partial charge in [0.2, 0.25) is 10.0 Å². The van der Waals surface area contributed by atoms with Gasteiger partial charge < -0.3 is 14.4 Å². The number of carbonyl (C=O) groups is 1. The molecule has 0 bridgehead atoms. The van der Waals surface area contributed by atoms with Gasteiger partial charge in [0.05, 0.1) is 11.0 Å². The van der Waals surface area contributed by atoms with E-state index in [0.29, 0.717) is 31.7 Å². The first-order valence-electron chi connectivity index (χ1n) is 12.1. The molecule has 37 heavy (non-hydrogen) atoms. The van der Waals surface area contributed by atoms with Crippen LogP contribution in [0, 0.1) is 0 Å². The smallest absolute Gasteiger partial charge is 0.323 e. The Morgan fingerprint density at radius 2 is 1.89 bits per heavy atom. The van der Waals surface area contributed by atoms with Crippen molar-refractivity contribution in [3.8, 4) is 16.3 Å². The quantitative estimate of drug-likeness (QED) is 0.347. The lowest BCUT2D eigenvalue weighted by molar-refractivity contribution is -0.137. The fraction of sp³-hybridized carbons (Fsp3) is 0.346. The minimum absolute atomic E-state index is 0.0129. The Morgan fingerprint density at radius 1 is 1.16 bits per heavy atom. The van der Waals surface area contributed by atoms with E-state index in [1.54, 1.807) is 34.3 Å². The van der Waals surface area contributed by atoms with Crippen LogP contribution in [0.1, 0.15) is 38.2 Å². The molecule has 1 aliphatic heterocycles. The first-order chi connectivity index (χ1) is 17.7. The summed E-state index contributed by atoms with van der Waals surface area (Å²) in [7, 11) is -3.61. The lowest BCUT2D eigenvalue weighted by Crippen LogP contribution is -2.37. The van der Waals surface area contributed by atoms with E-state index < -0.39 is 16.0 Å². The average molecular weight is 541 g/mol. The number of aromatic nitrogens is 3. The highest BCUT2D eigenvalue weighted by Gasteiger charge is 2.31. The third-order valence-electron chi connectivity index (χ3n) is 6.55. The van der Waals surface area contributed by atoms with Crippen LogP contribution in [0.25, 0.3) is 21.5 Å². The minimum atomic E-state index is -3.61. The molecule has 0 amide bonds. The van der Waals surface area contributed by atoms with Crippen LogP contribution in [0.3, 0.4) is 0 Å². The van der Waals surface area contributed by atoms with Crippen LogP contribution in [-0.4, -0.2) is 57.8 Å². The molecule has 9 nitrogen and oxygen atoms in total. The van der Waals surface area contributed by atoms with Crippen molar-refractivity contribution in [1.82, 2.24) is 19.1 Å². The molecule has 11 heteroatoms. The molecule has 5 rings (SSSR count). The van der Waals surface area contributed by atoms with Crippen molar-refractivity contribution >= 4 is 38.2 Å². The summed E-state index contributed by atoms with van der Waals surface area (Å²) in [4.78, 5) is 11.8. The van der Waals surface area contributed by atoms with Gasteiger partial charge >= 0.3 is 5.97 Å². The fourth-order valence-electron chi connectivity index (χ4n) is 4.87. The average Bonchev–Trinajstić information content (AvgIpc) is 3.52. The van der Waals surface area contributed by atoms with Crippen LogP contribution in [0.15, 0.2) is 59.1 Å². The molecule has 2 aromatic heterocycles. The molecule has 1 N–H and O–H groups in total. The summed E-state index contributed by atoms with van der Waals surface area (Å²) in [6, 6.07) is 12.5. The number of benzene rings is 2. The molecule has 0 radical (unpaired) electrons. The Kier molecular flexibility index (Phi) is 7.02. The van der Waals surface area contributed by atoms with Gasteiger partial charge in [0.25, 0.3) is 0 Å². The Morgan fingerprint density at radius 3 is 2.51 bits per heavy atom. The normalized spacial score (nSPS) is 15.4. The molecule has 1 saturated heterocycles. The SMILES string of the molecule is CC(C)Oc1ccc(S(=O)(=O)N2CCC(c3cn(CC(=O)O)c4cc(-c5nncs5)ccc34)CC2)cc1. The summed E-state index contributed by atoms with van der Waals surface area (Å²) < 4.78 is 35.4. The van der Waals surface area contributed by atoms with Crippen molar-refractivity contribution in [2.24, 2.45) is 0 Å². The zero-order valence-electron chi connectivity index (χ0n) is 20.6. The van der Waals surface area contributed by atoms with E-state index >= 15 is 0 Å². The molecule has 1 fully saturated rings. The van der Waals surface area contributed by atoms with E-state index in [0.717, 1.165) is 27.0 Å². The van der Waals surface area contributed by atoms with E-state index in [4.69, 9.17) is 4.74 Å². The number of nitrogens with zero attached hydrogens (tertiary/aromatic N) is 4. The van der Waals surface area contributed by atoms with Gasteiger partial charge in [0.15, 0.2) is 0 Å². The van der Waals surface area contributed by atoms with Crippen molar-refractivity contribution in [3.05, 3.63) is 59.7 Å². The van der Waals surface area contributed by atoms with Gasteiger partial charge in [-0.25, -0.2) is 8.42 Å². The number of rotatable bonds is 8. The summed E-state index contributed by atoms with van der Waals surface area (Å²) >= 11 is 1.43. The fourth-order valence-corrected chi connectivity index (χ4v) is 6.89. The van der Waals surface area contributed by atoms with E-state index in [1.165, 1.54) is 15.6 Å². The highest BCUT2D eigenvalue weighted by atomic mass is 32.2. The molecule has 194 valence electrons. The third kappa shape index (κ3) is 5.25. The molecule has 2 aromatic carbocycles. The van der Waals surface area contributed by atoms with Gasteiger partial charge in [-0.15, -0.1) is 10.2 Å². The van der Waals surface area contributed by atoms with Crippen molar-refractivity contribution < 1.29 is 23.1 Å². The highest BCUT2D eigenvalue weighted by Crippen LogP contribution is 2.37. The molecule has 0 spiro atoms. The number of hydrogen-bond acceptors (Lipinski definition) is 7. The lowest BCUT2D eigenvalue weighted by atomic mass is 9.90. The number of ether oxygens (including phenoxy) is 1. The number of carboxylic acids is 1. The number of fused-ring (bicyclic) bond motifs is 1. The maximum Gasteiger partial charge on any atom is 0.323 e. The van der Waals surface area contributed by atoms with Gasteiger partial charge in [-0.2, -0.15) is 4.31 Å². The predicted molar refractivity (Wildman–Crippen MR) is 141 cm³/mol.